The van der Waals surface area contributed by atoms with Crippen LogP contribution in [0.4, 0.5) is 13.2 Å². The third kappa shape index (κ3) is 5.46. The number of ether oxygens (including phenoxy) is 1. The average Bonchev–Trinajstić information content (AvgIpc) is 3.98. The summed E-state index contributed by atoms with van der Waals surface area (Å²) in [6, 6.07) is 7.30. The fourth-order valence-corrected chi connectivity index (χ4v) is 7.43. The Bertz CT molecular complexity index is 1980. The van der Waals surface area contributed by atoms with Crippen LogP contribution in [0.1, 0.15) is 67.2 Å². The Morgan fingerprint density at radius 3 is 2.71 bits per heavy atom. The minimum absolute atomic E-state index is 0.0411. The minimum Gasteiger partial charge on any atom is -0.380 e. The number of methoxy groups -OCH3 is 1. The quantitative estimate of drug-likeness (QED) is 0.293. The number of carbonyl (C=O) groups excluding carboxylic acids is 2. The molecule has 0 unspecified atom stereocenters. The van der Waals surface area contributed by atoms with Gasteiger partial charge in [-0.1, -0.05) is 6.08 Å². The Kier molecular flexibility index (Phi) is 7.40. The number of aromatic nitrogens is 4. The van der Waals surface area contributed by atoms with Gasteiger partial charge in [-0.2, -0.15) is 8.78 Å². The van der Waals surface area contributed by atoms with Gasteiger partial charge >= 0.3 is 0 Å². The predicted molar refractivity (Wildman–Crippen MR) is 173 cm³/mol. The molecular formula is C35H38F3N7O3. The standard InChI is InChI=1S/C35H38F3N7O3/c1-18-26-8-5-20-15-28(44(31(20)41-26)17-35(37,38)10-3-4-19-12-23(19)33(46)40-18)32-42-27-14-21(13-24(36)30(27)45(32)22-6-7-22)34(47)43-11-9-29(48-2)25(39)16-43/h3,5,8,10,13-15,18-19,22-23,25,29H,4,6-7,9,11-12,16-17,39H2,1-2H3,(H,40,46)/b10-3+/t18-,19-,23-,25+,29-/m1/s1. The van der Waals surface area contributed by atoms with Gasteiger partial charge < -0.3 is 29.8 Å². The molecule has 3 N–H and O–H groups in total. The number of nitrogens with two attached hydrogens (primary N) is 1. The number of allylic oxidation sites excluding steroid dienone is 2. The SMILES string of the molecule is CO[C@@H]1CCN(C(=O)c2cc(F)c3c(c2)nc(-c2cc4ccc5nc4n2CC(F)(F)/C=C/C[C@@H]2C[C@H]2C(=O)N[C@@H]5C)n3C2CC2)C[C@@H]1N. The third-order valence-electron chi connectivity index (χ3n) is 10.3. The van der Waals surface area contributed by atoms with Crippen LogP contribution in [0.25, 0.3) is 33.6 Å². The number of alkyl halides is 2. The van der Waals surface area contributed by atoms with Crippen LogP contribution >= 0.6 is 0 Å². The maximum absolute atomic E-state index is 16.1. The lowest BCUT2D eigenvalue weighted by Crippen LogP contribution is -2.53. The van der Waals surface area contributed by atoms with Crippen LogP contribution in [-0.2, 0) is 16.1 Å². The molecule has 3 fully saturated rings. The second-order valence-corrected chi connectivity index (χ2v) is 13.8. The summed E-state index contributed by atoms with van der Waals surface area (Å²) in [6.07, 6.45) is 5.43. The number of pyridine rings is 1. The number of nitrogens with zero attached hydrogens (tertiary/aromatic N) is 5. The van der Waals surface area contributed by atoms with Crippen LogP contribution in [0.3, 0.4) is 0 Å². The van der Waals surface area contributed by atoms with E-state index < -0.39 is 24.3 Å². The Morgan fingerprint density at radius 2 is 1.96 bits per heavy atom. The van der Waals surface area contributed by atoms with E-state index in [1.807, 2.05) is 6.92 Å². The van der Waals surface area contributed by atoms with E-state index in [1.165, 1.54) is 16.7 Å². The van der Waals surface area contributed by atoms with E-state index in [4.69, 9.17) is 20.4 Å². The number of amides is 2. The molecule has 4 aliphatic rings. The van der Waals surface area contributed by atoms with Gasteiger partial charge in [-0.3, -0.25) is 9.59 Å². The molecule has 13 heteroatoms. The van der Waals surface area contributed by atoms with E-state index in [9.17, 15) is 9.59 Å². The Labute approximate surface area is 275 Å². The zero-order chi connectivity index (χ0) is 33.5. The monoisotopic (exact) mass is 661 g/mol. The predicted octanol–water partition coefficient (Wildman–Crippen LogP) is 5.12. The smallest absolute Gasteiger partial charge is 0.284 e. The Balaban J connectivity index is 1.24. The lowest BCUT2D eigenvalue weighted by atomic mass is 10.0. The molecule has 10 nitrogen and oxygen atoms in total. The molecule has 5 heterocycles. The molecule has 1 aromatic carbocycles. The van der Waals surface area contributed by atoms with Crippen LogP contribution in [0.5, 0.6) is 0 Å². The van der Waals surface area contributed by atoms with Crippen LogP contribution in [-0.4, -0.2) is 74.1 Å². The van der Waals surface area contributed by atoms with E-state index >= 15 is 13.2 Å². The maximum atomic E-state index is 16.1. The fraction of sp³-hybridized carbons (Fsp3) is 0.486. The first-order chi connectivity index (χ1) is 23.0. The topological polar surface area (TPSA) is 120 Å². The van der Waals surface area contributed by atoms with Gasteiger partial charge in [0.2, 0.25) is 5.91 Å². The number of fused-ring (bicyclic) bond motifs is 3. The number of hydrogen-bond acceptors (Lipinski definition) is 6. The number of halogens is 3. The lowest BCUT2D eigenvalue weighted by Gasteiger charge is -2.35. The number of hydrogen-bond donors (Lipinski definition) is 2. The first-order valence-electron chi connectivity index (χ1n) is 16.7. The molecule has 0 radical (unpaired) electrons. The number of nitrogens with one attached hydrogen (secondary N) is 1. The van der Waals surface area contributed by atoms with Gasteiger partial charge in [0.05, 0.1) is 35.6 Å². The van der Waals surface area contributed by atoms with Gasteiger partial charge in [0, 0.05) is 49.2 Å². The van der Waals surface area contributed by atoms with Crippen molar-refractivity contribution in [2.24, 2.45) is 17.6 Å². The summed E-state index contributed by atoms with van der Waals surface area (Å²) in [5.74, 6) is -4.10. The molecule has 2 aliphatic heterocycles. The highest BCUT2D eigenvalue weighted by atomic mass is 19.3. The van der Waals surface area contributed by atoms with E-state index in [-0.39, 0.29) is 65.0 Å². The van der Waals surface area contributed by atoms with Crippen molar-refractivity contribution in [2.45, 2.75) is 75.7 Å². The van der Waals surface area contributed by atoms with Crippen molar-refractivity contribution < 1.29 is 27.5 Å². The number of imidazole rings is 1. The highest BCUT2D eigenvalue weighted by molar-refractivity contribution is 5.98. The van der Waals surface area contributed by atoms with E-state index in [0.29, 0.717) is 54.1 Å². The average molecular weight is 662 g/mol. The summed E-state index contributed by atoms with van der Waals surface area (Å²) >= 11 is 0. The summed E-state index contributed by atoms with van der Waals surface area (Å²) in [5.41, 5.74) is 8.11. The zero-order valence-electron chi connectivity index (χ0n) is 26.8. The summed E-state index contributed by atoms with van der Waals surface area (Å²) in [4.78, 5) is 37.6. The van der Waals surface area contributed by atoms with Gasteiger partial charge in [0.1, 0.15) is 17.0 Å². The molecule has 0 spiro atoms. The number of likely N-dealkylation sites (tertiary alicyclic amines) is 1. The molecule has 8 rings (SSSR count). The molecule has 4 aromatic rings. The molecular weight excluding hydrogens is 623 g/mol. The first-order valence-corrected chi connectivity index (χ1v) is 16.7. The second-order valence-electron chi connectivity index (χ2n) is 13.8. The first kappa shape index (κ1) is 31.1. The minimum atomic E-state index is -3.24. The number of piperidine rings is 1. The van der Waals surface area contributed by atoms with Crippen molar-refractivity contribution in [3.8, 4) is 11.5 Å². The highest BCUT2D eigenvalue weighted by Gasteiger charge is 2.43. The Morgan fingerprint density at radius 1 is 1.15 bits per heavy atom. The molecule has 2 saturated carbocycles. The molecule has 2 amide bonds. The van der Waals surface area contributed by atoms with Crippen molar-refractivity contribution in [1.82, 2.24) is 29.3 Å². The summed E-state index contributed by atoms with van der Waals surface area (Å²) in [7, 11) is 1.59. The van der Waals surface area contributed by atoms with Crippen LogP contribution in [0, 0.1) is 17.7 Å². The molecule has 1 saturated heterocycles. The maximum Gasteiger partial charge on any atom is 0.284 e. The Hall–Kier alpha value is -4.23. The van der Waals surface area contributed by atoms with E-state index in [2.05, 4.69) is 5.32 Å². The second kappa shape index (κ2) is 11.4. The van der Waals surface area contributed by atoms with Crippen molar-refractivity contribution in [2.75, 3.05) is 20.2 Å². The van der Waals surface area contributed by atoms with Gasteiger partial charge in [-0.25, -0.2) is 14.4 Å². The van der Waals surface area contributed by atoms with E-state index in [1.54, 1.807) is 40.8 Å². The largest absolute Gasteiger partial charge is 0.380 e. The lowest BCUT2D eigenvalue weighted by molar-refractivity contribution is -0.123. The summed E-state index contributed by atoms with van der Waals surface area (Å²) in [6.45, 7) is 1.83. The molecule has 2 aliphatic carbocycles. The molecule has 48 heavy (non-hydrogen) atoms. The highest BCUT2D eigenvalue weighted by Crippen LogP contribution is 2.45. The summed E-state index contributed by atoms with van der Waals surface area (Å²) in [5, 5.41) is 3.65. The number of rotatable bonds is 4. The van der Waals surface area contributed by atoms with Crippen molar-refractivity contribution in [1.29, 1.82) is 0 Å². The third-order valence-corrected chi connectivity index (χ3v) is 10.3. The van der Waals surface area contributed by atoms with Gasteiger partial charge in [-0.05, 0) is 81.4 Å². The molecule has 2 bridgehead atoms. The van der Waals surface area contributed by atoms with Crippen LogP contribution in [0.2, 0.25) is 0 Å². The zero-order valence-corrected chi connectivity index (χ0v) is 26.8. The number of carbonyl (C=O) groups is 2. The van der Waals surface area contributed by atoms with Crippen LogP contribution in [0.15, 0.2) is 42.5 Å². The van der Waals surface area contributed by atoms with Gasteiger partial charge in [-0.15, -0.1) is 0 Å². The van der Waals surface area contributed by atoms with Crippen LogP contribution < -0.4 is 11.1 Å². The normalized spacial score (nSPS) is 27.9. The van der Waals surface area contributed by atoms with Crippen molar-refractivity contribution in [3.63, 3.8) is 0 Å². The van der Waals surface area contributed by atoms with Gasteiger partial charge in [0.15, 0.2) is 5.82 Å². The fourth-order valence-electron chi connectivity index (χ4n) is 7.43. The summed E-state index contributed by atoms with van der Waals surface area (Å²) < 4.78 is 56.1. The van der Waals surface area contributed by atoms with E-state index in [0.717, 1.165) is 18.9 Å². The molecule has 5 atom stereocenters. The number of benzene rings is 1. The van der Waals surface area contributed by atoms with Crippen molar-refractivity contribution >= 4 is 33.9 Å². The van der Waals surface area contributed by atoms with Gasteiger partial charge in [0.25, 0.3) is 11.8 Å². The van der Waals surface area contributed by atoms with Crippen molar-refractivity contribution in [3.05, 3.63) is 59.6 Å². The molecule has 252 valence electrons. The molecule has 3 aromatic heterocycles.